The van der Waals surface area contributed by atoms with E-state index in [1.807, 2.05) is 0 Å². The van der Waals surface area contributed by atoms with E-state index < -0.39 is 0 Å². The van der Waals surface area contributed by atoms with Gasteiger partial charge >= 0.3 is 0 Å². The van der Waals surface area contributed by atoms with Crippen LogP contribution in [0.4, 0.5) is 0 Å². The van der Waals surface area contributed by atoms with Crippen molar-refractivity contribution in [1.29, 1.82) is 5.26 Å². The SMILES string of the molecule is CC(C)C(C#N)(CCCN1CCN(CCOC/N=C/Br)CC1)c1cccs1. The number of piperazine rings is 1. The highest BCUT2D eigenvalue weighted by Crippen LogP contribution is 2.39. The largest absolute Gasteiger partial charge is 0.358 e. The van der Waals surface area contributed by atoms with Crippen LogP contribution in [0.5, 0.6) is 0 Å². The summed E-state index contributed by atoms with van der Waals surface area (Å²) in [4.78, 5) is 10.2. The van der Waals surface area contributed by atoms with E-state index in [0.717, 1.165) is 58.7 Å². The lowest BCUT2D eigenvalue weighted by Crippen LogP contribution is -2.47. The van der Waals surface area contributed by atoms with Crippen molar-refractivity contribution in [1.82, 2.24) is 9.80 Å². The van der Waals surface area contributed by atoms with Crippen LogP contribution in [0.25, 0.3) is 0 Å². The first-order valence-electron chi connectivity index (χ1n) is 9.68. The zero-order valence-corrected chi connectivity index (χ0v) is 18.8. The van der Waals surface area contributed by atoms with E-state index in [2.05, 4.69) is 68.2 Å². The summed E-state index contributed by atoms with van der Waals surface area (Å²) in [5, 5.41) is 13.6. The summed E-state index contributed by atoms with van der Waals surface area (Å²) in [5.74, 6) is 0.326. The van der Waals surface area contributed by atoms with Crippen molar-refractivity contribution in [2.75, 3.05) is 52.6 Å². The maximum Gasteiger partial charge on any atom is 0.138 e. The summed E-state index contributed by atoms with van der Waals surface area (Å²) in [5.41, 5.74) is -0.342. The molecule has 1 unspecified atom stereocenters. The highest BCUT2D eigenvalue weighted by atomic mass is 79.9. The van der Waals surface area contributed by atoms with Crippen LogP contribution in [-0.4, -0.2) is 67.5 Å². The van der Waals surface area contributed by atoms with Gasteiger partial charge in [0.1, 0.15) is 6.73 Å². The molecular weight excluding hydrogens is 424 g/mol. The highest BCUT2D eigenvalue weighted by Gasteiger charge is 2.36. The van der Waals surface area contributed by atoms with E-state index in [9.17, 15) is 5.26 Å². The van der Waals surface area contributed by atoms with E-state index in [4.69, 9.17) is 4.74 Å². The second kappa shape index (κ2) is 11.9. The topological polar surface area (TPSA) is 51.9 Å². The van der Waals surface area contributed by atoms with Crippen LogP contribution in [-0.2, 0) is 10.2 Å². The molecule has 0 spiro atoms. The molecule has 1 aliphatic heterocycles. The Balaban J connectivity index is 1.71. The van der Waals surface area contributed by atoms with Gasteiger partial charge in [-0.05, 0) is 52.7 Å². The second-order valence-electron chi connectivity index (χ2n) is 7.32. The van der Waals surface area contributed by atoms with Crippen molar-refractivity contribution in [3.05, 3.63) is 22.4 Å². The fourth-order valence-corrected chi connectivity index (χ4v) is 4.80. The van der Waals surface area contributed by atoms with E-state index in [-0.39, 0.29) is 5.41 Å². The molecule has 0 bridgehead atoms. The third-order valence-corrected chi connectivity index (χ3v) is 6.78. The first-order valence-corrected chi connectivity index (χ1v) is 11.5. The molecule has 1 aromatic rings. The molecule has 27 heavy (non-hydrogen) atoms. The first-order chi connectivity index (χ1) is 13.1. The molecule has 5 nitrogen and oxygen atoms in total. The second-order valence-corrected chi connectivity index (χ2v) is 8.68. The van der Waals surface area contributed by atoms with Crippen molar-refractivity contribution in [2.24, 2.45) is 10.9 Å². The molecule has 0 aromatic carbocycles. The molecule has 1 aliphatic rings. The number of thiophene rings is 1. The molecule has 0 aliphatic carbocycles. The van der Waals surface area contributed by atoms with Gasteiger partial charge < -0.3 is 9.64 Å². The minimum atomic E-state index is -0.342. The molecule has 150 valence electrons. The van der Waals surface area contributed by atoms with Gasteiger partial charge in [0.15, 0.2) is 0 Å². The molecule has 1 atom stereocenters. The smallest absolute Gasteiger partial charge is 0.138 e. The van der Waals surface area contributed by atoms with Crippen LogP contribution in [0.15, 0.2) is 22.5 Å². The number of hydrogen-bond donors (Lipinski definition) is 0. The lowest BCUT2D eigenvalue weighted by molar-refractivity contribution is 0.0779. The number of aliphatic imine (C=N–C) groups is 1. The Morgan fingerprint density at radius 2 is 2.04 bits per heavy atom. The van der Waals surface area contributed by atoms with Gasteiger partial charge in [-0.1, -0.05) is 19.9 Å². The zero-order chi connectivity index (χ0) is 19.5. The van der Waals surface area contributed by atoms with Gasteiger partial charge in [0.05, 0.1) is 23.2 Å². The zero-order valence-electron chi connectivity index (χ0n) is 16.4. The molecular formula is C20H31BrN4OS. The molecule has 2 heterocycles. The highest BCUT2D eigenvalue weighted by molar-refractivity contribution is 9.17. The van der Waals surface area contributed by atoms with Crippen molar-refractivity contribution < 1.29 is 4.74 Å². The number of hydrogen-bond acceptors (Lipinski definition) is 6. The average molecular weight is 455 g/mol. The Morgan fingerprint density at radius 1 is 1.33 bits per heavy atom. The predicted octanol–water partition coefficient (Wildman–Crippen LogP) is 3.96. The lowest BCUT2D eigenvalue weighted by Gasteiger charge is -2.35. The van der Waals surface area contributed by atoms with Gasteiger partial charge in [0, 0.05) is 37.6 Å². The van der Waals surface area contributed by atoms with Crippen LogP contribution in [0, 0.1) is 17.2 Å². The van der Waals surface area contributed by atoms with E-state index >= 15 is 0 Å². The Kier molecular flexibility index (Phi) is 9.94. The summed E-state index contributed by atoms with van der Waals surface area (Å²) >= 11 is 4.85. The van der Waals surface area contributed by atoms with Gasteiger partial charge in [-0.25, -0.2) is 0 Å². The minimum absolute atomic E-state index is 0.326. The van der Waals surface area contributed by atoms with Gasteiger partial charge in [0.2, 0.25) is 0 Å². The van der Waals surface area contributed by atoms with Gasteiger partial charge in [-0.3, -0.25) is 9.89 Å². The molecule has 1 saturated heterocycles. The number of rotatable bonds is 11. The normalized spacial score (nSPS) is 18.8. The molecule has 1 fully saturated rings. The predicted molar refractivity (Wildman–Crippen MR) is 117 cm³/mol. The third kappa shape index (κ3) is 6.65. The molecule has 1 aromatic heterocycles. The van der Waals surface area contributed by atoms with Crippen LogP contribution >= 0.6 is 27.3 Å². The quantitative estimate of drug-likeness (QED) is 0.375. The maximum atomic E-state index is 9.94. The van der Waals surface area contributed by atoms with Crippen molar-refractivity contribution >= 4 is 32.4 Å². The van der Waals surface area contributed by atoms with E-state index in [1.165, 1.54) is 4.88 Å². The molecule has 0 radical (unpaired) electrons. The van der Waals surface area contributed by atoms with Crippen molar-refractivity contribution in [3.8, 4) is 6.07 Å². The Morgan fingerprint density at radius 3 is 2.59 bits per heavy atom. The number of halogens is 1. The summed E-state index contributed by atoms with van der Waals surface area (Å²) < 4.78 is 5.46. The minimum Gasteiger partial charge on any atom is -0.358 e. The average Bonchev–Trinajstić information content (AvgIpc) is 3.21. The number of nitrogens with zero attached hydrogens (tertiary/aromatic N) is 4. The lowest BCUT2D eigenvalue weighted by atomic mass is 9.73. The van der Waals surface area contributed by atoms with Gasteiger partial charge in [0.25, 0.3) is 0 Å². The molecule has 0 amide bonds. The summed E-state index contributed by atoms with van der Waals surface area (Å²) in [7, 11) is 0. The van der Waals surface area contributed by atoms with Crippen molar-refractivity contribution in [2.45, 2.75) is 32.1 Å². The Bertz CT molecular complexity index is 594. The summed E-state index contributed by atoms with van der Waals surface area (Å²) in [6, 6.07) is 6.84. The Hall–Kier alpha value is -0.780. The van der Waals surface area contributed by atoms with Crippen molar-refractivity contribution in [3.63, 3.8) is 0 Å². The molecule has 2 rings (SSSR count). The van der Waals surface area contributed by atoms with E-state index in [1.54, 1.807) is 16.5 Å². The Labute approximate surface area is 176 Å². The fraction of sp³-hybridized carbons (Fsp3) is 0.700. The van der Waals surface area contributed by atoms with Crippen LogP contribution < -0.4 is 0 Å². The molecule has 0 N–H and O–H groups in total. The maximum absolute atomic E-state index is 9.94. The first kappa shape index (κ1) is 22.5. The van der Waals surface area contributed by atoms with Crippen LogP contribution in [0.3, 0.4) is 0 Å². The third-order valence-electron chi connectivity index (χ3n) is 5.44. The standard InChI is InChI=1S/C20H31BrN4OS/c1-18(2)20(15-22,19-5-3-14-27-19)6-4-7-24-8-10-25(11-9-24)12-13-26-17-23-16-21/h3,5,14,16,18H,4,6-13,17H2,1-2H3/b23-16+. The van der Waals surface area contributed by atoms with E-state index in [0.29, 0.717) is 12.6 Å². The van der Waals surface area contributed by atoms with Gasteiger partial charge in [-0.2, -0.15) is 5.26 Å². The van der Waals surface area contributed by atoms with Crippen LogP contribution in [0.2, 0.25) is 0 Å². The fourth-order valence-electron chi connectivity index (χ4n) is 3.63. The number of ether oxygens (including phenoxy) is 1. The molecule has 7 heteroatoms. The number of nitriles is 1. The summed E-state index contributed by atoms with van der Waals surface area (Å²) in [6.07, 6.45) is 2.00. The molecule has 0 saturated carbocycles. The van der Waals surface area contributed by atoms with Crippen LogP contribution in [0.1, 0.15) is 31.6 Å². The summed E-state index contributed by atoms with van der Waals surface area (Å²) in [6.45, 7) is 11.9. The van der Waals surface area contributed by atoms with Gasteiger partial charge in [-0.15, -0.1) is 11.3 Å². The monoisotopic (exact) mass is 454 g/mol.